The summed E-state index contributed by atoms with van der Waals surface area (Å²) >= 11 is 7.34. The van der Waals surface area contributed by atoms with Gasteiger partial charge < -0.3 is 19.3 Å². The second-order valence-electron chi connectivity index (χ2n) is 8.80. The summed E-state index contributed by atoms with van der Waals surface area (Å²) in [4.78, 5) is 29.1. The van der Waals surface area contributed by atoms with E-state index >= 15 is 0 Å². The number of hydrogen-bond acceptors (Lipinski definition) is 7. The molecule has 1 heterocycles. The van der Waals surface area contributed by atoms with E-state index in [1.165, 1.54) is 14.0 Å². The number of ether oxygens (including phenoxy) is 2. The summed E-state index contributed by atoms with van der Waals surface area (Å²) in [5, 5.41) is 0. The summed E-state index contributed by atoms with van der Waals surface area (Å²) in [5.74, 6) is 0.828. The van der Waals surface area contributed by atoms with Gasteiger partial charge >= 0.3 is 11.9 Å². The normalized spacial score (nSPS) is 16.1. The minimum Gasteiger partial charge on any atom is -0.468 e. The Hall–Kier alpha value is -1.90. The molecular formula is C23H32N2O4S2. The summed E-state index contributed by atoms with van der Waals surface area (Å²) in [6, 6.07) is 4.11. The molecule has 0 saturated carbocycles. The third-order valence-corrected chi connectivity index (χ3v) is 6.31. The first kappa shape index (κ1) is 25.4. The van der Waals surface area contributed by atoms with Crippen molar-refractivity contribution in [3.05, 3.63) is 33.7 Å². The van der Waals surface area contributed by atoms with Crippen molar-refractivity contribution >= 4 is 47.0 Å². The van der Waals surface area contributed by atoms with Gasteiger partial charge in [-0.15, -0.1) is 11.8 Å². The molecule has 1 fully saturated rings. The third-order valence-electron chi connectivity index (χ3n) is 4.69. The SMILES string of the molecule is COC(=O)CN1CCS/C(=C/c2cc(CN(C)C)c(OC(C)=O)c(C(C)(C)C)c2)C1=S. The van der Waals surface area contributed by atoms with Crippen LogP contribution in [0.3, 0.4) is 0 Å². The molecule has 0 aliphatic carbocycles. The van der Waals surface area contributed by atoms with Crippen LogP contribution in [0.2, 0.25) is 0 Å². The largest absolute Gasteiger partial charge is 0.468 e. The van der Waals surface area contributed by atoms with Gasteiger partial charge in [0, 0.05) is 41.8 Å². The third kappa shape index (κ3) is 7.05. The van der Waals surface area contributed by atoms with Crippen molar-refractivity contribution in [2.24, 2.45) is 0 Å². The molecule has 1 aromatic rings. The fourth-order valence-corrected chi connectivity index (χ4v) is 4.68. The Labute approximate surface area is 194 Å². The zero-order chi connectivity index (χ0) is 23.3. The van der Waals surface area contributed by atoms with Gasteiger partial charge in [0.25, 0.3) is 0 Å². The minimum absolute atomic E-state index is 0.151. The highest BCUT2D eigenvalue weighted by molar-refractivity contribution is 8.05. The molecule has 0 spiro atoms. The van der Waals surface area contributed by atoms with Crippen LogP contribution >= 0.6 is 24.0 Å². The van der Waals surface area contributed by atoms with Crippen LogP contribution in [0.25, 0.3) is 6.08 Å². The quantitative estimate of drug-likeness (QED) is 0.272. The van der Waals surface area contributed by atoms with E-state index in [2.05, 4.69) is 32.9 Å². The van der Waals surface area contributed by atoms with Gasteiger partial charge in [0.15, 0.2) is 0 Å². The zero-order valence-electron chi connectivity index (χ0n) is 19.4. The number of rotatable bonds is 6. The molecule has 8 heteroatoms. The monoisotopic (exact) mass is 464 g/mol. The standard InChI is InChI=1S/C23H32N2O4S2/c1-15(26)29-21-17(13-24(5)6)10-16(11-18(21)23(2,3)4)12-19-22(30)25(8-9-31-19)14-20(27)28-7/h10-12H,8-9,13-14H2,1-7H3/b19-12+. The predicted molar refractivity (Wildman–Crippen MR) is 130 cm³/mol. The van der Waals surface area contributed by atoms with E-state index < -0.39 is 0 Å². The molecule has 0 N–H and O–H groups in total. The van der Waals surface area contributed by atoms with Crippen LogP contribution in [0.5, 0.6) is 5.75 Å². The lowest BCUT2D eigenvalue weighted by Gasteiger charge is -2.30. The predicted octanol–water partition coefficient (Wildman–Crippen LogP) is 3.86. The van der Waals surface area contributed by atoms with E-state index in [0.29, 0.717) is 23.8 Å². The van der Waals surface area contributed by atoms with Crippen molar-refractivity contribution < 1.29 is 19.1 Å². The van der Waals surface area contributed by atoms with E-state index in [1.807, 2.05) is 30.0 Å². The molecule has 6 nitrogen and oxygen atoms in total. The fourth-order valence-electron chi connectivity index (χ4n) is 3.29. The first-order valence-corrected chi connectivity index (χ1v) is 11.5. The summed E-state index contributed by atoms with van der Waals surface area (Å²) in [7, 11) is 5.35. The van der Waals surface area contributed by atoms with Gasteiger partial charge in [-0.2, -0.15) is 0 Å². The highest BCUT2D eigenvalue weighted by Gasteiger charge is 2.26. The molecule has 1 saturated heterocycles. The van der Waals surface area contributed by atoms with Crippen LogP contribution in [0.4, 0.5) is 0 Å². The summed E-state index contributed by atoms with van der Waals surface area (Å²) in [6.45, 7) is 9.22. The Morgan fingerprint density at radius 3 is 2.52 bits per heavy atom. The molecule has 0 amide bonds. The maximum absolute atomic E-state index is 11.8. The smallest absolute Gasteiger partial charge is 0.325 e. The molecular weight excluding hydrogens is 432 g/mol. The molecule has 1 aliphatic heterocycles. The van der Waals surface area contributed by atoms with E-state index in [4.69, 9.17) is 21.7 Å². The average molecular weight is 465 g/mol. The van der Waals surface area contributed by atoms with Gasteiger partial charge in [-0.1, -0.05) is 33.0 Å². The lowest BCUT2D eigenvalue weighted by Crippen LogP contribution is -2.39. The number of benzene rings is 1. The van der Waals surface area contributed by atoms with Crippen molar-refractivity contribution in [2.75, 3.05) is 40.0 Å². The highest BCUT2D eigenvalue weighted by Crippen LogP contribution is 2.37. The van der Waals surface area contributed by atoms with Gasteiger partial charge in [0.05, 0.1) is 7.11 Å². The van der Waals surface area contributed by atoms with Crippen molar-refractivity contribution in [3.8, 4) is 5.75 Å². The lowest BCUT2D eigenvalue weighted by atomic mass is 9.83. The van der Waals surface area contributed by atoms with Crippen LogP contribution in [0.1, 0.15) is 44.4 Å². The number of nitrogens with zero attached hydrogens (tertiary/aromatic N) is 2. The van der Waals surface area contributed by atoms with Crippen LogP contribution < -0.4 is 4.74 Å². The number of carbonyl (C=O) groups is 2. The summed E-state index contributed by atoms with van der Waals surface area (Å²) in [5.41, 5.74) is 2.67. The molecule has 1 aromatic carbocycles. The van der Waals surface area contributed by atoms with E-state index in [-0.39, 0.29) is 23.9 Å². The number of thiocarbonyl (C=S) groups is 1. The highest BCUT2D eigenvalue weighted by atomic mass is 32.2. The van der Waals surface area contributed by atoms with Crippen LogP contribution in [0.15, 0.2) is 17.0 Å². The van der Waals surface area contributed by atoms with Gasteiger partial charge in [-0.25, -0.2) is 0 Å². The minimum atomic E-state index is -0.334. The molecule has 0 aromatic heterocycles. The average Bonchev–Trinajstić information content (AvgIpc) is 2.65. The van der Waals surface area contributed by atoms with Crippen LogP contribution in [-0.2, 0) is 26.3 Å². The number of hydrogen-bond donors (Lipinski definition) is 0. The Bertz CT molecular complexity index is 888. The number of methoxy groups -OCH3 is 1. The van der Waals surface area contributed by atoms with Gasteiger partial charge in [-0.3, -0.25) is 9.59 Å². The Kier molecular flexibility index (Phi) is 8.68. The van der Waals surface area contributed by atoms with Gasteiger partial charge in [0.2, 0.25) is 0 Å². The molecule has 0 bridgehead atoms. The van der Waals surface area contributed by atoms with Crippen molar-refractivity contribution in [1.29, 1.82) is 0 Å². The van der Waals surface area contributed by atoms with E-state index in [0.717, 1.165) is 27.3 Å². The molecule has 0 radical (unpaired) electrons. The fraction of sp³-hybridized carbons (Fsp3) is 0.522. The Morgan fingerprint density at radius 2 is 1.97 bits per heavy atom. The number of thioether (sulfide) groups is 1. The van der Waals surface area contributed by atoms with E-state index in [1.54, 1.807) is 11.8 Å². The number of carbonyl (C=O) groups excluding carboxylic acids is 2. The first-order chi connectivity index (χ1) is 14.4. The molecule has 1 aliphatic rings. The Balaban J connectivity index is 2.53. The van der Waals surface area contributed by atoms with Crippen molar-refractivity contribution in [1.82, 2.24) is 9.80 Å². The maximum atomic E-state index is 11.8. The second-order valence-corrected chi connectivity index (χ2v) is 10.3. The lowest BCUT2D eigenvalue weighted by molar-refractivity contribution is -0.141. The van der Waals surface area contributed by atoms with Crippen LogP contribution in [-0.4, -0.2) is 66.8 Å². The molecule has 31 heavy (non-hydrogen) atoms. The molecule has 0 atom stereocenters. The zero-order valence-corrected chi connectivity index (χ0v) is 21.0. The van der Waals surface area contributed by atoms with Crippen LogP contribution in [0, 0.1) is 0 Å². The topological polar surface area (TPSA) is 59.1 Å². The Morgan fingerprint density at radius 1 is 1.29 bits per heavy atom. The summed E-state index contributed by atoms with van der Waals surface area (Å²) in [6.07, 6.45) is 2.06. The van der Waals surface area contributed by atoms with Crippen molar-refractivity contribution in [2.45, 2.75) is 39.7 Å². The first-order valence-electron chi connectivity index (χ1n) is 10.1. The molecule has 170 valence electrons. The van der Waals surface area contributed by atoms with Gasteiger partial charge in [-0.05, 0) is 43.3 Å². The number of esters is 2. The molecule has 0 unspecified atom stereocenters. The van der Waals surface area contributed by atoms with Crippen molar-refractivity contribution in [3.63, 3.8) is 0 Å². The summed E-state index contributed by atoms with van der Waals surface area (Å²) < 4.78 is 10.5. The van der Waals surface area contributed by atoms with E-state index in [9.17, 15) is 9.59 Å². The van der Waals surface area contributed by atoms with Gasteiger partial charge in [0.1, 0.15) is 17.3 Å². The maximum Gasteiger partial charge on any atom is 0.325 e. The molecule has 2 rings (SSSR count). The second kappa shape index (κ2) is 10.6.